The first-order valence-corrected chi connectivity index (χ1v) is 6.07. The van der Waals surface area contributed by atoms with E-state index in [1.165, 1.54) is 0 Å². The number of aliphatic hydroxyl groups is 1. The number of hydrogen-bond acceptors (Lipinski definition) is 3. The average molecular weight is 217 g/mol. The van der Waals surface area contributed by atoms with E-state index in [1.54, 1.807) is 11.8 Å². The van der Waals surface area contributed by atoms with Crippen molar-refractivity contribution < 1.29 is 9.90 Å². The molecule has 0 radical (unpaired) electrons. The first-order valence-electron chi connectivity index (χ1n) is 4.92. The molecule has 0 aromatic carbocycles. The van der Waals surface area contributed by atoms with Crippen LogP contribution in [0.25, 0.3) is 0 Å². The summed E-state index contributed by atoms with van der Waals surface area (Å²) in [4.78, 5) is 11.5. The summed E-state index contributed by atoms with van der Waals surface area (Å²) in [5.74, 6) is 1.72. The van der Waals surface area contributed by atoms with Gasteiger partial charge in [-0.3, -0.25) is 4.79 Å². The van der Waals surface area contributed by atoms with Crippen LogP contribution in [0.5, 0.6) is 0 Å². The predicted octanol–water partition coefficient (Wildman–Crippen LogP) is 1.02. The van der Waals surface area contributed by atoms with Gasteiger partial charge in [0, 0.05) is 17.7 Å². The Kier molecular flexibility index (Phi) is 3.48. The summed E-state index contributed by atoms with van der Waals surface area (Å²) >= 11 is 1.74. The molecule has 0 aromatic heterocycles. The first kappa shape index (κ1) is 11.9. The zero-order valence-electron chi connectivity index (χ0n) is 9.09. The Hall–Kier alpha value is -0.220. The molecule has 1 unspecified atom stereocenters. The molecule has 0 spiro atoms. The number of amides is 1. The number of rotatable bonds is 2. The molecule has 1 amide bonds. The molecule has 3 nitrogen and oxygen atoms in total. The largest absolute Gasteiger partial charge is 0.387 e. The minimum Gasteiger partial charge on any atom is -0.387 e. The Morgan fingerprint density at radius 3 is 2.64 bits per heavy atom. The van der Waals surface area contributed by atoms with Gasteiger partial charge in [-0.15, -0.1) is 0 Å². The number of hydrogen-bond donors (Lipinski definition) is 2. The summed E-state index contributed by atoms with van der Waals surface area (Å²) in [5.41, 5.74) is -1.05. The molecule has 0 saturated carbocycles. The molecule has 1 saturated heterocycles. The molecule has 1 rings (SSSR count). The van der Waals surface area contributed by atoms with E-state index in [9.17, 15) is 9.90 Å². The highest BCUT2D eigenvalue weighted by molar-refractivity contribution is 7.99. The highest BCUT2D eigenvalue weighted by atomic mass is 32.2. The number of carbonyl (C=O) groups excluding carboxylic acids is 1. The van der Waals surface area contributed by atoms with Gasteiger partial charge in [-0.25, -0.2) is 0 Å². The Labute approximate surface area is 89.6 Å². The SMILES string of the molecule is CC(C)(C)C(=O)NCC1(O)CCSC1. The molecule has 0 aliphatic carbocycles. The number of nitrogens with one attached hydrogen (secondary N) is 1. The van der Waals surface area contributed by atoms with Crippen LogP contribution in [-0.2, 0) is 4.79 Å². The van der Waals surface area contributed by atoms with Gasteiger partial charge in [0.15, 0.2) is 0 Å². The van der Waals surface area contributed by atoms with Crippen LogP contribution in [0, 0.1) is 5.41 Å². The van der Waals surface area contributed by atoms with Gasteiger partial charge in [-0.2, -0.15) is 11.8 Å². The van der Waals surface area contributed by atoms with E-state index >= 15 is 0 Å². The Bertz CT molecular complexity index is 217. The maximum Gasteiger partial charge on any atom is 0.225 e. The zero-order valence-corrected chi connectivity index (χ0v) is 9.91. The van der Waals surface area contributed by atoms with Gasteiger partial charge < -0.3 is 10.4 Å². The van der Waals surface area contributed by atoms with E-state index < -0.39 is 5.60 Å². The molecule has 82 valence electrons. The second-order valence-corrected chi connectivity index (χ2v) is 6.06. The van der Waals surface area contributed by atoms with E-state index in [4.69, 9.17) is 0 Å². The van der Waals surface area contributed by atoms with Crippen LogP contribution in [-0.4, -0.2) is 34.7 Å². The van der Waals surface area contributed by atoms with Gasteiger partial charge in [0.1, 0.15) is 0 Å². The van der Waals surface area contributed by atoms with Crippen LogP contribution in [0.15, 0.2) is 0 Å². The van der Waals surface area contributed by atoms with E-state index in [1.807, 2.05) is 20.8 Å². The Morgan fingerprint density at radius 1 is 1.57 bits per heavy atom. The van der Waals surface area contributed by atoms with E-state index in [0.717, 1.165) is 17.9 Å². The molecule has 0 aromatic rings. The molecule has 1 aliphatic heterocycles. The highest BCUT2D eigenvalue weighted by Gasteiger charge is 2.33. The normalized spacial score (nSPS) is 27.7. The van der Waals surface area contributed by atoms with Gasteiger partial charge in [-0.05, 0) is 12.2 Å². The lowest BCUT2D eigenvalue weighted by atomic mass is 9.95. The van der Waals surface area contributed by atoms with Crippen molar-refractivity contribution in [2.75, 3.05) is 18.1 Å². The van der Waals surface area contributed by atoms with Crippen molar-refractivity contribution in [3.8, 4) is 0 Å². The van der Waals surface area contributed by atoms with Crippen LogP contribution in [0.4, 0.5) is 0 Å². The van der Waals surface area contributed by atoms with Gasteiger partial charge in [0.2, 0.25) is 5.91 Å². The van der Waals surface area contributed by atoms with Crippen molar-refractivity contribution in [2.45, 2.75) is 32.8 Å². The fourth-order valence-electron chi connectivity index (χ4n) is 1.25. The minimum atomic E-state index is -0.675. The molecular formula is C10H19NO2S. The first-order chi connectivity index (χ1) is 6.33. The summed E-state index contributed by atoms with van der Waals surface area (Å²) in [6.07, 6.45) is 0.780. The third-order valence-electron chi connectivity index (χ3n) is 2.34. The van der Waals surface area contributed by atoms with Crippen molar-refractivity contribution in [1.29, 1.82) is 0 Å². The maximum atomic E-state index is 11.5. The average Bonchev–Trinajstić information content (AvgIpc) is 2.47. The predicted molar refractivity (Wildman–Crippen MR) is 59.4 cm³/mol. The molecule has 14 heavy (non-hydrogen) atoms. The zero-order chi connectivity index (χ0) is 10.8. The van der Waals surface area contributed by atoms with Crippen LogP contribution >= 0.6 is 11.8 Å². The van der Waals surface area contributed by atoms with E-state index in [2.05, 4.69) is 5.32 Å². The highest BCUT2D eigenvalue weighted by Crippen LogP contribution is 2.27. The lowest BCUT2D eigenvalue weighted by molar-refractivity contribution is -0.129. The lowest BCUT2D eigenvalue weighted by Gasteiger charge is -2.25. The fraction of sp³-hybridized carbons (Fsp3) is 0.900. The Morgan fingerprint density at radius 2 is 2.21 bits per heavy atom. The second-order valence-electron chi connectivity index (χ2n) is 4.96. The van der Waals surface area contributed by atoms with Gasteiger partial charge in [0.05, 0.1) is 5.60 Å². The molecular weight excluding hydrogens is 198 g/mol. The number of thioether (sulfide) groups is 1. The topological polar surface area (TPSA) is 49.3 Å². The summed E-state index contributed by atoms with van der Waals surface area (Å²) in [6.45, 7) is 6.00. The van der Waals surface area contributed by atoms with Crippen molar-refractivity contribution in [3.05, 3.63) is 0 Å². The van der Waals surface area contributed by atoms with E-state index in [-0.39, 0.29) is 11.3 Å². The third kappa shape index (κ3) is 3.17. The summed E-state index contributed by atoms with van der Waals surface area (Å²) < 4.78 is 0. The van der Waals surface area contributed by atoms with Crippen LogP contribution in [0.3, 0.4) is 0 Å². The second kappa shape index (κ2) is 4.11. The molecule has 1 heterocycles. The Balaban J connectivity index is 2.37. The standard InChI is InChI=1S/C10H19NO2S/c1-9(2,3)8(12)11-6-10(13)4-5-14-7-10/h13H,4-7H2,1-3H3,(H,11,12). The summed E-state index contributed by atoms with van der Waals surface area (Å²) in [6, 6.07) is 0. The van der Waals surface area contributed by atoms with Gasteiger partial charge in [0.25, 0.3) is 0 Å². The maximum absolute atomic E-state index is 11.5. The lowest BCUT2D eigenvalue weighted by Crippen LogP contribution is -2.46. The molecule has 0 bridgehead atoms. The monoisotopic (exact) mass is 217 g/mol. The minimum absolute atomic E-state index is 0.00262. The van der Waals surface area contributed by atoms with Crippen LogP contribution in [0.1, 0.15) is 27.2 Å². The van der Waals surface area contributed by atoms with Crippen molar-refractivity contribution in [3.63, 3.8) is 0 Å². The van der Waals surface area contributed by atoms with Crippen molar-refractivity contribution in [2.24, 2.45) is 5.41 Å². The molecule has 1 fully saturated rings. The third-order valence-corrected chi connectivity index (χ3v) is 3.58. The summed E-state index contributed by atoms with van der Waals surface area (Å²) in [5, 5.41) is 12.8. The quantitative estimate of drug-likeness (QED) is 0.726. The molecule has 1 atom stereocenters. The molecule has 2 N–H and O–H groups in total. The molecule has 4 heteroatoms. The summed E-state index contributed by atoms with van der Waals surface area (Å²) in [7, 11) is 0. The van der Waals surface area contributed by atoms with Gasteiger partial charge in [-0.1, -0.05) is 20.8 Å². The van der Waals surface area contributed by atoms with Crippen molar-refractivity contribution >= 4 is 17.7 Å². The van der Waals surface area contributed by atoms with Gasteiger partial charge >= 0.3 is 0 Å². The molecule has 1 aliphatic rings. The smallest absolute Gasteiger partial charge is 0.225 e. The van der Waals surface area contributed by atoms with Crippen LogP contribution < -0.4 is 5.32 Å². The van der Waals surface area contributed by atoms with E-state index in [0.29, 0.717) is 6.54 Å². The number of carbonyl (C=O) groups is 1. The fourth-order valence-corrected chi connectivity index (χ4v) is 2.54. The van der Waals surface area contributed by atoms with Crippen LogP contribution in [0.2, 0.25) is 0 Å². The van der Waals surface area contributed by atoms with Crippen molar-refractivity contribution in [1.82, 2.24) is 5.32 Å².